The van der Waals surface area contributed by atoms with Gasteiger partial charge in [-0.1, -0.05) is 6.92 Å². The second-order valence-electron chi connectivity index (χ2n) is 3.41. The molecule has 0 spiro atoms. The van der Waals surface area contributed by atoms with E-state index < -0.39 is 11.9 Å². The van der Waals surface area contributed by atoms with E-state index in [0.29, 0.717) is 18.8 Å². The number of aryl methyl sites for hydroxylation is 1. The van der Waals surface area contributed by atoms with Crippen LogP contribution in [0.3, 0.4) is 0 Å². The molecule has 0 saturated carbocycles. The molecule has 3 N–H and O–H groups in total. The molecule has 1 atom stereocenters. The summed E-state index contributed by atoms with van der Waals surface area (Å²) in [6.07, 6.45) is 1.41. The number of fused-ring (bicyclic) bond motifs is 1. The van der Waals surface area contributed by atoms with Crippen molar-refractivity contribution in [3.8, 4) is 0 Å². The third-order valence-electron chi connectivity index (χ3n) is 2.49. The van der Waals surface area contributed by atoms with Crippen LogP contribution < -0.4 is 5.32 Å². The Morgan fingerprint density at radius 1 is 1.71 bits per heavy atom. The summed E-state index contributed by atoms with van der Waals surface area (Å²) in [5, 5.41) is 12.1. The number of carbonyl (C=O) groups is 1. The molecule has 0 amide bonds. The van der Waals surface area contributed by atoms with E-state index in [1.807, 2.05) is 6.92 Å². The minimum Gasteiger partial charge on any atom is -0.481 e. The molecule has 0 aromatic carbocycles. The van der Waals surface area contributed by atoms with Gasteiger partial charge in [0.25, 0.3) is 0 Å². The van der Waals surface area contributed by atoms with E-state index in [-0.39, 0.29) is 0 Å². The number of nitrogens with zero attached hydrogens (tertiary/aromatic N) is 1. The molecular weight excluding hydrogens is 182 g/mol. The molecule has 5 nitrogen and oxygen atoms in total. The van der Waals surface area contributed by atoms with Crippen LogP contribution >= 0.6 is 0 Å². The highest BCUT2D eigenvalue weighted by molar-refractivity contribution is 5.78. The van der Waals surface area contributed by atoms with E-state index in [1.54, 1.807) is 0 Å². The molecule has 1 aliphatic rings. The molecule has 5 heteroatoms. The highest BCUT2D eigenvalue weighted by Crippen LogP contribution is 2.29. The average molecular weight is 195 g/mol. The number of aromatic amines is 1. The smallest absolute Gasteiger partial charge is 0.312 e. The molecule has 0 saturated heterocycles. The number of aromatic nitrogens is 2. The van der Waals surface area contributed by atoms with Crippen molar-refractivity contribution in [2.24, 2.45) is 0 Å². The number of rotatable bonds is 2. The molecule has 0 bridgehead atoms. The minimum atomic E-state index is -0.779. The molecule has 14 heavy (non-hydrogen) atoms. The van der Waals surface area contributed by atoms with Crippen LogP contribution in [0, 0.1) is 0 Å². The van der Waals surface area contributed by atoms with Crippen molar-refractivity contribution in [1.29, 1.82) is 0 Å². The fraction of sp³-hybridized carbons (Fsp3) is 0.556. The first-order chi connectivity index (χ1) is 6.72. The maximum absolute atomic E-state index is 10.9. The Kier molecular flexibility index (Phi) is 2.15. The lowest BCUT2D eigenvalue weighted by Crippen LogP contribution is -2.22. The van der Waals surface area contributed by atoms with Crippen LogP contribution in [-0.2, 0) is 11.2 Å². The number of hydrogen-bond donors (Lipinski definition) is 3. The number of hydrogen-bond acceptors (Lipinski definition) is 3. The fourth-order valence-electron chi connectivity index (χ4n) is 1.72. The highest BCUT2D eigenvalue weighted by atomic mass is 16.4. The highest BCUT2D eigenvalue weighted by Gasteiger charge is 2.28. The summed E-state index contributed by atoms with van der Waals surface area (Å²) in [4.78, 5) is 18.3. The van der Waals surface area contributed by atoms with Gasteiger partial charge in [-0.15, -0.1) is 0 Å². The van der Waals surface area contributed by atoms with Gasteiger partial charge in [0, 0.05) is 13.0 Å². The number of H-pyrrole nitrogens is 1. The fourth-order valence-corrected chi connectivity index (χ4v) is 1.72. The van der Waals surface area contributed by atoms with Gasteiger partial charge >= 0.3 is 5.97 Å². The Morgan fingerprint density at radius 3 is 3.14 bits per heavy atom. The average Bonchev–Trinajstić information content (AvgIpc) is 2.59. The zero-order valence-corrected chi connectivity index (χ0v) is 8.00. The summed E-state index contributed by atoms with van der Waals surface area (Å²) in [6.45, 7) is 2.66. The minimum absolute atomic E-state index is 0.431. The molecule has 1 aliphatic heterocycles. The Labute approximate surface area is 81.5 Å². The van der Waals surface area contributed by atoms with Gasteiger partial charge < -0.3 is 15.4 Å². The zero-order valence-electron chi connectivity index (χ0n) is 8.00. The molecule has 0 aliphatic carbocycles. The number of nitrogens with one attached hydrogen (secondary N) is 2. The topological polar surface area (TPSA) is 78.0 Å². The van der Waals surface area contributed by atoms with Crippen LogP contribution in [0.2, 0.25) is 0 Å². The van der Waals surface area contributed by atoms with Gasteiger partial charge in [0.05, 0.1) is 5.69 Å². The second-order valence-corrected chi connectivity index (χ2v) is 3.41. The summed E-state index contributed by atoms with van der Waals surface area (Å²) in [5.41, 5.74) is 0.723. The van der Waals surface area contributed by atoms with Crippen molar-refractivity contribution in [1.82, 2.24) is 9.97 Å². The van der Waals surface area contributed by atoms with Crippen molar-refractivity contribution in [3.63, 3.8) is 0 Å². The van der Waals surface area contributed by atoms with Gasteiger partial charge in [0.1, 0.15) is 17.6 Å². The van der Waals surface area contributed by atoms with Crippen molar-refractivity contribution in [3.05, 3.63) is 11.5 Å². The number of aliphatic carboxylic acids is 1. The second kappa shape index (κ2) is 3.32. The van der Waals surface area contributed by atoms with Crippen molar-refractivity contribution >= 4 is 11.8 Å². The van der Waals surface area contributed by atoms with E-state index in [2.05, 4.69) is 15.3 Å². The van der Waals surface area contributed by atoms with Crippen LogP contribution in [0.5, 0.6) is 0 Å². The first kappa shape index (κ1) is 9.05. The summed E-state index contributed by atoms with van der Waals surface area (Å²) in [5.74, 6) is 0.342. The molecule has 1 aromatic rings. The normalized spacial score (nSPS) is 19.9. The molecule has 0 fully saturated rings. The lowest BCUT2D eigenvalue weighted by Gasteiger charge is -2.18. The molecule has 2 rings (SSSR count). The SMILES string of the molecule is CCc1nc2c([nH]1)C(C(=O)O)CCN2. The van der Waals surface area contributed by atoms with Crippen LogP contribution in [0.1, 0.15) is 30.8 Å². The van der Waals surface area contributed by atoms with Crippen molar-refractivity contribution < 1.29 is 9.90 Å². The Hall–Kier alpha value is -1.52. The molecular formula is C9H13N3O2. The predicted octanol–water partition coefficient (Wildman–Crippen LogP) is 0.956. The van der Waals surface area contributed by atoms with Crippen LogP contribution in [0.15, 0.2) is 0 Å². The van der Waals surface area contributed by atoms with Gasteiger partial charge in [-0.2, -0.15) is 0 Å². The predicted molar refractivity (Wildman–Crippen MR) is 51.4 cm³/mol. The van der Waals surface area contributed by atoms with E-state index in [1.165, 1.54) is 0 Å². The van der Waals surface area contributed by atoms with Gasteiger partial charge in [-0.3, -0.25) is 4.79 Å². The van der Waals surface area contributed by atoms with Crippen LogP contribution in [-0.4, -0.2) is 27.6 Å². The summed E-state index contributed by atoms with van der Waals surface area (Å²) in [6, 6.07) is 0. The zero-order chi connectivity index (χ0) is 10.1. The van der Waals surface area contributed by atoms with E-state index in [0.717, 1.165) is 17.9 Å². The first-order valence-electron chi connectivity index (χ1n) is 4.77. The van der Waals surface area contributed by atoms with Crippen LogP contribution in [0.25, 0.3) is 0 Å². The number of imidazole rings is 1. The first-order valence-corrected chi connectivity index (χ1v) is 4.77. The third kappa shape index (κ3) is 1.34. The van der Waals surface area contributed by atoms with Crippen molar-refractivity contribution in [2.45, 2.75) is 25.7 Å². The van der Waals surface area contributed by atoms with E-state index in [9.17, 15) is 4.79 Å². The number of carboxylic acid groups (broad SMARTS) is 1. The molecule has 2 heterocycles. The third-order valence-corrected chi connectivity index (χ3v) is 2.49. The maximum Gasteiger partial charge on any atom is 0.312 e. The van der Waals surface area contributed by atoms with Gasteiger partial charge in [0.2, 0.25) is 0 Å². The Bertz CT molecular complexity index is 359. The number of carboxylic acids is 1. The molecule has 76 valence electrons. The maximum atomic E-state index is 10.9. The summed E-state index contributed by atoms with van der Waals surface area (Å²) in [7, 11) is 0. The Balaban J connectivity index is 2.38. The van der Waals surface area contributed by atoms with Gasteiger partial charge in [-0.05, 0) is 6.42 Å². The molecule has 1 aromatic heterocycles. The standard InChI is InChI=1S/C9H13N3O2/c1-2-6-11-7-5(9(13)14)3-4-10-8(7)12-6/h5,10H,2-4H2,1H3,(H,11,12)(H,13,14). The van der Waals surface area contributed by atoms with Crippen molar-refractivity contribution in [2.75, 3.05) is 11.9 Å². The molecule has 1 unspecified atom stereocenters. The monoisotopic (exact) mass is 195 g/mol. The largest absolute Gasteiger partial charge is 0.481 e. The quantitative estimate of drug-likeness (QED) is 0.656. The van der Waals surface area contributed by atoms with Gasteiger partial charge in [-0.25, -0.2) is 4.98 Å². The lowest BCUT2D eigenvalue weighted by molar-refractivity contribution is -0.139. The van der Waals surface area contributed by atoms with Crippen LogP contribution in [0.4, 0.5) is 5.82 Å². The summed E-state index contributed by atoms with van der Waals surface area (Å²) < 4.78 is 0. The van der Waals surface area contributed by atoms with Gasteiger partial charge in [0.15, 0.2) is 0 Å². The molecule has 0 radical (unpaired) electrons. The van der Waals surface area contributed by atoms with E-state index in [4.69, 9.17) is 5.11 Å². The lowest BCUT2D eigenvalue weighted by atomic mass is 9.99. The van der Waals surface area contributed by atoms with E-state index >= 15 is 0 Å². The number of anilines is 1. The Morgan fingerprint density at radius 2 is 2.50 bits per heavy atom. The summed E-state index contributed by atoms with van der Waals surface area (Å²) >= 11 is 0.